The van der Waals surface area contributed by atoms with E-state index >= 15 is 0 Å². The quantitative estimate of drug-likeness (QED) is 0.334. The van der Waals surface area contributed by atoms with E-state index in [2.05, 4.69) is 4.98 Å². The number of nitrogens with one attached hydrogen (secondary N) is 1. The molecule has 6 rings (SSSR count). The summed E-state index contributed by atoms with van der Waals surface area (Å²) in [5, 5.41) is 5.82. The van der Waals surface area contributed by atoms with Crippen molar-refractivity contribution in [3.63, 3.8) is 0 Å². The Bertz CT molecular complexity index is 1500. The molecule has 1 fully saturated rings. The molecule has 4 heterocycles. The lowest BCUT2D eigenvalue weighted by molar-refractivity contribution is -0.0365. The van der Waals surface area contributed by atoms with Crippen LogP contribution in [-0.4, -0.2) is 42.9 Å². The van der Waals surface area contributed by atoms with Crippen LogP contribution >= 0.6 is 0 Å². The molecule has 204 valence electrons. The van der Waals surface area contributed by atoms with Gasteiger partial charge in [0.15, 0.2) is 12.1 Å². The Morgan fingerprint density at radius 3 is 2.59 bits per heavy atom. The van der Waals surface area contributed by atoms with Gasteiger partial charge in [-0.3, -0.25) is 4.90 Å². The predicted octanol–water partition coefficient (Wildman–Crippen LogP) is 6.25. The first-order valence-corrected chi connectivity index (χ1v) is 13.3. The zero-order valence-corrected chi connectivity index (χ0v) is 22.3. The van der Waals surface area contributed by atoms with Gasteiger partial charge in [0, 0.05) is 18.1 Å². The number of halogens is 2. The van der Waals surface area contributed by atoms with E-state index in [4.69, 9.17) is 19.6 Å². The first kappa shape index (κ1) is 25.5. The Hall–Kier alpha value is -3.79. The standard InChI is InChI=1S/C29H31F2N5O3/c1-29(2,3)39-28(37)35-15-22-23(16-35)33-27(32-22)26-21-13-17(10-18-11-19(30)14-20(31)12-18)7-8-24(21)36(34-26)25-6-4-5-9-38-25/h7-8,11-14,25H,4-6,9-10,15-16H2,1-3H3,(H,32,33). The largest absolute Gasteiger partial charge is 0.444 e. The van der Waals surface area contributed by atoms with Gasteiger partial charge in [-0.05, 0) is 81.8 Å². The molecule has 2 aromatic carbocycles. The molecule has 0 spiro atoms. The Labute approximate surface area is 224 Å². The molecule has 1 amide bonds. The fraction of sp³-hybridized carbons (Fsp3) is 0.414. The number of carbonyl (C=O) groups is 1. The molecule has 0 bridgehead atoms. The second kappa shape index (κ2) is 9.75. The SMILES string of the molecule is CC(C)(C)OC(=O)N1Cc2nc(-c3nn(C4CCCCO4)c4ccc(Cc5cc(F)cc(F)c5)cc34)[nH]c2C1. The van der Waals surface area contributed by atoms with Crippen molar-refractivity contribution in [3.8, 4) is 11.5 Å². The highest BCUT2D eigenvalue weighted by atomic mass is 19.1. The number of hydrogen-bond donors (Lipinski definition) is 1. The van der Waals surface area contributed by atoms with Crippen LogP contribution in [0.25, 0.3) is 22.4 Å². The number of fused-ring (bicyclic) bond motifs is 2. The number of carbonyl (C=O) groups excluding carboxylic acids is 1. The zero-order valence-electron chi connectivity index (χ0n) is 22.3. The van der Waals surface area contributed by atoms with E-state index in [1.165, 1.54) is 12.1 Å². The third-order valence-electron chi connectivity index (χ3n) is 6.96. The van der Waals surface area contributed by atoms with E-state index in [1.807, 2.05) is 43.7 Å². The van der Waals surface area contributed by atoms with Crippen molar-refractivity contribution >= 4 is 17.0 Å². The Balaban J connectivity index is 1.35. The molecule has 39 heavy (non-hydrogen) atoms. The van der Waals surface area contributed by atoms with Crippen molar-refractivity contribution in [2.75, 3.05) is 6.61 Å². The highest BCUT2D eigenvalue weighted by Gasteiger charge is 2.31. The number of rotatable bonds is 4. The Kier molecular flexibility index (Phi) is 6.37. The van der Waals surface area contributed by atoms with Gasteiger partial charge >= 0.3 is 6.09 Å². The molecule has 10 heteroatoms. The molecular formula is C29H31F2N5O3. The van der Waals surface area contributed by atoms with Gasteiger partial charge in [-0.1, -0.05) is 6.07 Å². The van der Waals surface area contributed by atoms with Crippen LogP contribution in [0.5, 0.6) is 0 Å². The lowest BCUT2D eigenvalue weighted by Gasteiger charge is -2.24. The van der Waals surface area contributed by atoms with E-state index in [0.29, 0.717) is 43.2 Å². The van der Waals surface area contributed by atoms with Gasteiger partial charge in [-0.25, -0.2) is 23.2 Å². The van der Waals surface area contributed by atoms with Crippen LogP contribution < -0.4 is 0 Å². The van der Waals surface area contributed by atoms with Crippen molar-refractivity contribution in [2.45, 2.75) is 71.4 Å². The predicted molar refractivity (Wildman–Crippen MR) is 141 cm³/mol. The van der Waals surface area contributed by atoms with Crippen LogP contribution in [0.2, 0.25) is 0 Å². The minimum absolute atomic E-state index is 0.178. The number of aromatic amines is 1. The van der Waals surface area contributed by atoms with Crippen LogP contribution in [-0.2, 0) is 29.0 Å². The first-order chi connectivity index (χ1) is 18.6. The number of nitrogens with zero attached hydrogens (tertiary/aromatic N) is 4. The maximum Gasteiger partial charge on any atom is 0.410 e. The van der Waals surface area contributed by atoms with E-state index in [0.717, 1.165) is 53.2 Å². The molecular weight excluding hydrogens is 504 g/mol. The van der Waals surface area contributed by atoms with E-state index in [1.54, 1.807) is 4.90 Å². The van der Waals surface area contributed by atoms with Crippen molar-refractivity contribution in [3.05, 3.63) is 70.5 Å². The van der Waals surface area contributed by atoms with Crippen molar-refractivity contribution in [1.29, 1.82) is 0 Å². The van der Waals surface area contributed by atoms with Crippen LogP contribution in [0.3, 0.4) is 0 Å². The number of hydrogen-bond acceptors (Lipinski definition) is 5. The highest BCUT2D eigenvalue weighted by Crippen LogP contribution is 2.34. The Morgan fingerprint density at radius 2 is 1.90 bits per heavy atom. The molecule has 2 aromatic heterocycles. The molecule has 1 N–H and O–H groups in total. The van der Waals surface area contributed by atoms with Crippen LogP contribution in [0, 0.1) is 11.6 Å². The molecule has 1 saturated heterocycles. The summed E-state index contributed by atoms with van der Waals surface area (Å²) in [5.41, 5.74) is 4.07. The van der Waals surface area contributed by atoms with Gasteiger partial charge in [0.1, 0.15) is 22.9 Å². The molecule has 2 aliphatic rings. The van der Waals surface area contributed by atoms with Gasteiger partial charge in [-0.2, -0.15) is 5.10 Å². The fourth-order valence-electron chi connectivity index (χ4n) is 5.26. The lowest BCUT2D eigenvalue weighted by atomic mass is 10.0. The Morgan fingerprint density at radius 1 is 1.10 bits per heavy atom. The molecule has 0 saturated carbocycles. The number of aromatic nitrogens is 4. The van der Waals surface area contributed by atoms with E-state index < -0.39 is 17.2 Å². The molecule has 8 nitrogen and oxygen atoms in total. The summed E-state index contributed by atoms with van der Waals surface area (Å²) in [4.78, 5) is 22.4. The second-order valence-corrected chi connectivity index (χ2v) is 11.3. The number of benzene rings is 2. The summed E-state index contributed by atoms with van der Waals surface area (Å²) in [6.07, 6.45) is 2.76. The highest BCUT2D eigenvalue weighted by molar-refractivity contribution is 5.92. The second-order valence-electron chi connectivity index (χ2n) is 11.3. The number of imidazole rings is 1. The van der Waals surface area contributed by atoms with E-state index in [-0.39, 0.29) is 12.3 Å². The average molecular weight is 536 g/mol. The molecule has 4 aromatic rings. The fourth-order valence-corrected chi connectivity index (χ4v) is 5.26. The van der Waals surface area contributed by atoms with Gasteiger partial charge in [0.2, 0.25) is 0 Å². The first-order valence-electron chi connectivity index (χ1n) is 13.3. The maximum absolute atomic E-state index is 13.8. The zero-order chi connectivity index (χ0) is 27.3. The van der Waals surface area contributed by atoms with Crippen molar-refractivity contribution in [1.82, 2.24) is 24.6 Å². The van der Waals surface area contributed by atoms with Crippen molar-refractivity contribution in [2.24, 2.45) is 0 Å². The van der Waals surface area contributed by atoms with E-state index in [9.17, 15) is 13.6 Å². The summed E-state index contributed by atoms with van der Waals surface area (Å²) in [5.74, 6) is -0.587. The summed E-state index contributed by atoms with van der Waals surface area (Å²) in [7, 11) is 0. The van der Waals surface area contributed by atoms with Crippen LogP contribution in [0.4, 0.5) is 13.6 Å². The minimum atomic E-state index is -0.598. The number of ether oxygens (including phenoxy) is 2. The average Bonchev–Trinajstić information content (AvgIpc) is 3.54. The lowest BCUT2D eigenvalue weighted by Crippen LogP contribution is -2.33. The summed E-state index contributed by atoms with van der Waals surface area (Å²) < 4.78 is 41.1. The smallest absolute Gasteiger partial charge is 0.410 e. The molecule has 0 aliphatic carbocycles. The van der Waals surface area contributed by atoms with Crippen LogP contribution in [0.1, 0.15) is 68.8 Å². The van der Waals surface area contributed by atoms with Gasteiger partial charge in [0.25, 0.3) is 0 Å². The molecule has 1 unspecified atom stereocenters. The third-order valence-corrected chi connectivity index (χ3v) is 6.96. The molecule has 0 radical (unpaired) electrons. The minimum Gasteiger partial charge on any atom is -0.444 e. The topological polar surface area (TPSA) is 85.3 Å². The number of amides is 1. The third kappa shape index (κ3) is 5.25. The maximum atomic E-state index is 13.8. The summed E-state index contributed by atoms with van der Waals surface area (Å²) in [6.45, 7) is 6.92. The van der Waals surface area contributed by atoms with Gasteiger partial charge in [-0.15, -0.1) is 0 Å². The van der Waals surface area contributed by atoms with Crippen molar-refractivity contribution < 1.29 is 23.0 Å². The molecule has 2 aliphatic heterocycles. The van der Waals surface area contributed by atoms with Gasteiger partial charge in [0.05, 0.1) is 30.0 Å². The summed E-state index contributed by atoms with van der Waals surface area (Å²) >= 11 is 0. The normalized spacial score (nSPS) is 17.6. The van der Waals surface area contributed by atoms with Gasteiger partial charge < -0.3 is 14.5 Å². The van der Waals surface area contributed by atoms with Crippen LogP contribution in [0.15, 0.2) is 36.4 Å². The molecule has 1 atom stereocenters. The summed E-state index contributed by atoms with van der Waals surface area (Å²) in [6, 6.07) is 9.51. The number of H-pyrrole nitrogens is 1. The monoisotopic (exact) mass is 535 g/mol.